The Morgan fingerprint density at radius 2 is 1.85 bits per heavy atom. The van der Waals surface area contributed by atoms with Crippen molar-refractivity contribution in [2.24, 2.45) is 5.10 Å². The van der Waals surface area contributed by atoms with Crippen LogP contribution in [0.2, 0.25) is 0 Å². The number of ether oxygens (including phenoxy) is 1. The van der Waals surface area contributed by atoms with Gasteiger partial charge in [0.1, 0.15) is 5.69 Å². The van der Waals surface area contributed by atoms with Gasteiger partial charge in [0.2, 0.25) is 0 Å². The van der Waals surface area contributed by atoms with E-state index >= 15 is 0 Å². The number of nitrogens with zero attached hydrogens (tertiary/aromatic N) is 3. The topological polar surface area (TPSA) is 126 Å². The number of hydrogen-bond acceptors (Lipinski definition) is 9. The van der Waals surface area contributed by atoms with Gasteiger partial charge in [0.25, 0.3) is 15.7 Å². The zero-order valence-electron chi connectivity index (χ0n) is 17.4. The number of anilines is 3. The van der Waals surface area contributed by atoms with Crippen molar-refractivity contribution in [2.45, 2.75) is 4.90 Å². The second-order valence-corrected chi connectivity index (χ2v) is 9.83. The van der Waals surface area contributed by atoms with Crippen molar-refractivity contribution < 1.29 is 18.1 Å². The molecule has 0 saturated carbocycles. The van der Waals surface area contributed by atoms with Crippen molar-refractivity contribution in [1.82, 2.24) is 0 Å². The van der Waals surface area contributed by atoms with Gasteiger partial charge in [-0.15, -0.1) is 11.3 Å². The summed E-state index contributed by atoms with van der Waals surface area (Å²) in [6.07, 6.45) is 1.57. The van der Waals surface area contributed by atoms with Crippen molar-refractivity contribution in [3.8, 4) is 0 Å². The Bertz CT molecular complexity index is 1260. The molecule has 10 nitrogen and oxygen atoms in total. The summed E-state index contributed by atoms with van der Waals surface area (Å²) in [5, 5.41) is 16.8. The number of thiophene rings is 1. The lowest BCUT2D eigenvalue weighted by Gasteiger charge is -2.27. The molecular weight excluding hydrogens is 466 g/mol. The average Bonchev–Trinajstić information content (AvgIpc) is 3.29. The zero-order chi connectivity index (χ0) is 23.3. The van der Waals surface area contributed by atoms with Crippen molar-refractivity contribution >= 4 is 49.6 Å². The zero-order valence-corrected chi connectivity index (χ0v) is 19.0. The Morgan fingerprint density at radius 3 is 2.58 bits per heavy atom. The third kappa shape index (κ3) is 5.66. The molecule has 1 aliphatic rings. The molecule has 0 unspecified atom stereocenters. The molecule has 1 saturated heterocycles. The van der Waals surface area contributed by atoms with E-state index in [0.29, 0.717) is 18.9 Å². The summed E-state index contributed by atoms with van der Waals surface area (Å²) in [7, 11) is -3.99. The largest absolute Gasteiger partial charge is 0.378 e. The molecule has 33 heavy (non-hydrogen) atoms. The number of nitrogens with one attached hydrogen (secondary N) is 2. The third-order valence-electron chi connectivity index (χ3n) is 4.81. The minimum absolute atomic E-state index is 0.0832. The van der Waals surface area contributed by atoms with Gasteiger partial charge in [-0.1, -0.05) is 18.2 Å². The Hall–Kier alpha value is -3.48. The number of nitro benzene ring substituents is 1. The molecule has 0 spiro atoms. The first-order valence-electron chi connectivity index (χ1n) is 10.0. The summed E-state index contributed by atoms with van der Waals surface area (Å²) >= 11 is 1.55. The quantitative estimate of drug-likeness (QED) is 0.282. The van der Waals surface area contributed by atoms with Crippen LogP contribution in [-0.4, -0.2) is 45.9 Å². The number of rotatable bonds is 8. The molecule has 2 N–H and O–H groups in total. The molecule has 4 rings (SSSR count). The maximum absolute atomic E-state index is 12.6. The molecule has 0 radical (unpaired) electrons. The normalized spacial score (nSPS) is 14.4. The van der Waals surface area contributed by atoms with Gasteiger partial charge in [0.15, 0.2) is 0 Å². The molecule has 0 atom stereocenters. The highest BCUT2D eigenvalue weighted by Crippen LogP contribution is 2.29. The summed E-state index contributed by atoms with van der Waals surface area (Å²) in [4.78, 5) is 13.8. The van der Waals surface area contributed by atoms with Crippen LogP contribution in [0, 0.1) is 10.1 Å². The van der Waals surface area contributed by atoms with Crippen LogP contribution in [0.5, 0.6) is 0 Å². The van der Waals surface area contributed by atoms with Gasteiger partial charge in [-0.05, 0) is 36.4 Å². The lowest BCUT2D eigenvalue weighted by Crippen LogP contribution is -2.35. The number of nitro groups is 1. The standard InChI is InChI=1S/C21H21N5O5S2/c27-26(28)20-14-18(33(29,30)24-16-4-2-1-3-5-16)7-8-19(20)23-22-15-17-6-9-21(32-17)25-10-12-31-13-11-25/h1-9,14-15,23-24H,10-13H2/b22-15+. The number of benzene rings is 2. The van der Waals surface area contributed by atoms with E-state index in [-0.39, 0.29) is 10.6 Å². The summed E-state index contributed by atoms with van der Waals surface area (Å²) < 4.78 is 33.0. The summed E-state index contributed by atoms with van der Waals surface area (Å²) in [6, 6.07) is 15.8. The van der Waals surface area contributed by atoms with Crippen LogP contribution in [0.1, 0.15) is 4.88 Å². The predicted molar refractivity (Wildman–Crippen MR) is 129 cm³/mol. The number of para-hydroxylation sites is 1. The summed E-state index contributed by atoms with van der Waals surface area (Å²) in [5.41, 5.74) is 2.69. The van der Waals surface area contributed by atoms with Crippen LogP contribution in [-0.2, 0) is 14.8 Å². The maximum atomic E-state index is 12.6. The minimum atomic E-state index is -3.99. The predicted octanol–water partition coefficient (Wildman–Crippen LogP) is 3.74. The smallest absolute Gasteiger partial charge is 0.295 e. The monoisotopic (exact) mass is 487 g/mol. The summed E-state index contributed by atoms with van der Waals surface area (Å²) in [5.74, 6) is 0. The van der Waals surface area contributed by atoms with E-state index in [1.165, 1.54) is 12.1 Å². The van der Waals surface area contributed by atoms with Crippen LogP contribution in [0.25, 0.3) is 0 Å². The van der Waals surface area contributed by atoms with Gasteiger partial charge in [0, 0.05) is 29.7 Å². The van der Waals surface area contributed by atoms with Gasteiger partial charge in [-0.25, -0.2) is 8.42 Å². The minimum Gasteiger partial charge on any atom is -0.378 e. The number of hydrogen-bond donors (Lipinski definition) is 2. The fourth-order valence-electron chi connectivity index (χ4n) is 3.18. The molecule has 1 aromatic heterocycles. The van der Waals surface area contributed by atoms with E-state index in [1.54, 1.807) is 47.9 Å². The molecule has 2 heterocycles. The van der Waals surface area contributed by atoms with E-state index in [2.05, 4.69) is 20.1 Å². The molecule has 1 fully saturated rings. The van der Waals surface area contributed by atoms with E-state index in [9.17, 15) is 18.5 Å². The molecule has 12 heteroatoms. The van der Waals surface area contributed by atoms with Gasteiger partial charge in [-0.2, -0.15) is 5.10 Å². The second kappa shape index (κ2) is 9.98. The molecule has 2 aromatic carbocycles. The summed E-state index contributed by atoms with van der Waals surface area (Å²) in [6.45, 7) is 3.05. The Kier molecular flexibility index (Phi) is 6.87. The van der Waals surface area contributed by atoms with Gasteiger partial charge in [0.05, 0.1) is 34.2 Å². The van der Waals surface area contributed by atoms with Gasteiger partial charge < -0.3 is 9.64 Å². The number of hydrazone groups is 1. The van der Waals surface area contributed by atoms with Gasteiger partial charge >= 0.3 is 0 Å². The molecule has 0 bridgehead atoms. The van der Waals surface area contributed by atoms with Crippen molar-refractivity contribution in [2.75, 3.05) is 41.4 Å². The molecule has 0 aliphatic carbocycles. The first-order valence-corrected chi connectivity index (χ1v) is 12.3. The Balaban J connectivity index is 1.48. The molecule has 1 aliphatic heterocycles. The van der Waals surface area contributed by atoms with E-state index < -0.39 is 20.6 Å². The molecular formula is C21H21N5O5S2. The van der Waals surface area contributed by atoms with Crippen molar-refractivity contribution in [3.63, 3.8) is 0 Å². The number of morpholine rings is 1. The average molecular weight is 488 g/mol. The second-order valence-electron chi connectivity index (χ2n) is 7.05. The fraction of sp³-hybridized carbons (Fsp3) is 0.190. The highest BCUT2D eigenvalue weighted by molar-refractivity contribution is 7.92. The van der Waals surface area contributed by atoms with Crippen LogP contribution in [0.4, 0.5) is 22.1 Å². The fourth-order valence-corrected chi connectivity index (χ4v) is 5.18. The van der Waals surface area contributed by atoms with E-state index in [0.717, 1.165) is 29.0 Å². The SMILES string of the molecule is O=[N+]([O-])c1cc(S(=O)(=O)Nc2ccccc2)ccc1N/N=C/c1ccc(N2CCOCC2)s1. The lowest BCUT2D eigenvalue weighted by molar-refractivity contribution is -0.384. The first kappa shape index (κ1) is 22.7. The van der Waals surface area contributed by atoms with Crippen molar-refractivity contribution in [3.05, 3.63) is 75.7 Å². The Labute approximate surface area is 194 Å². The van der Waals surface area contributed by atoms with Crippen LogP contribution < -0.4 is 15.0 Å². The molecule has 0 amide bonds. The van der Waals surface area contributed by atoms with Gasteiger partial charge in [-0.3, -0.25) is 20.3 Å². The first-order chi connectivity index (χ1) is 15.9. The number of sulfonamides is 1. The Morgan fingerprint density at radius 1 is 1.09 bits per heavy atom. The van der Waals surface area contributed by atoms with Crippen LogP contribution in [0.15, 0.2) is 70.7 Å². The van der Waals surface area contributed by atoms with Crippen LogP contribution >= 0.6 is 11.3 Å². The van der Waals surface area contributed by atoms with Crippen molar-refractivity contribution in [1.29, 1.82) is 0 Å². The lowest BCUT2D eigenvalue weighted by atomic mass is 10.3. The van der Waals surface area contributed by atoms with E-state index in [1.807, 2.05) is 12.1 Å². The molecule has 3 aromatic rings. The highest BCUT2D eigenvalue weighted by atomic mass is 32.2. The van der Waals surface area contributed by atoms with Crippen LogP contribution in [0.3, 0.4) is 0 Å². The molecule has 172 valence electrons. The highest BCUT2D eigenvalue weighted by Gasteiger charge is 2.21. The van der Waals surface area contributed by atoms with E-state index in [4.69, 9.17) is 4.74 Å². The maximum Gasteiger partial charge on any atom is 0.295 e. The third-order valence-corrected chi connectivity index (χ3v) is 7.27.